The van der Waals surface area contributed by atoms with E-state index in [1.807, 2.05) is 70.2 Å². The van der Waals surface area contributed by atoms with Gasteiger partial charge in [0.1, 0.15) is 5.76 Å². The van der Waals surface area contributed by atoms with Crippen molar-refractivity contribution < 1.29 is 19.1 Å². The quantitative estimate of drug-likeness (QED) is 0.717. The molecule has 4 nitrogen and oxygen atoms in total. The number of carbonyl (C=O) groups excluding carboxylic acids is 2. The topological polar surface area (TPSA) is 52.6 Å². The molecule has 0 radical (unpaired) electrons. The van der Waals surface area contributed by atoms with Crippen LogP contribution in [0.5, 0.6) is 0 Å². The Morgan fingerprint density at radius 2 is 1.90 bits per heavy atom. The Morgan fingerprint density at radius 1 is 1.17 bits per heavy atom. The molecule has 1 aromatic rings. The van der Waals surface area contributed by atoms with Crippen molar-refractivity contribution in [2.24, 2.45) is 11.8 Å². The van der Waals surface area contributed by atoms with Gasteiger partial charge in [-0.15, -0.1) is 0 Å². The van der Waals surface area contributed by atoms with E-state index in [9.17, 15) is 9.59 Å². The molecule has 0 N–H and O–H groups in total. The van der Waals surface area contributed by atoms with Crippen LogP contribution in [-0.2, 0) is 19.1 Å². The lowest BCUT2D eigenvalue weighted by molar-refractivity contribution is -0.176. The summed E-state index contributed by atoms with van der Waals surface area (Å²) in [5.74, 6) is 0.139. The number of hydrogen-bond donors (Lipinski definition) is 0. The van der Waals surface area contributed by atoms with Crippen molar-refractivity contribution in [3.8, 4) is 0 Å². The van der Waals surface area contributed by atoms with Crippen LogP contribution in [0.2, 0.25) is 0 Å². The maximum absolute atomic E-state index is 13.7. The van der Waals surface area contributed by atoms with Crippen LogP contribution < -0.4 is 0 Å². The molecule has 3 aliphatic carbocycles. The molecule has 1 aromatic carbocycles. The summed E-state index contributed by atoms with van der Waals surface area (Å²) in [7, 11) is 0. The maximum Gasteiger partial charge on any atom is 0.189 e. The molecule has 1 spiro atoms. The second-order valence-corrected chi connectivity index (χ2v) is 9.43. The van der Waals surface area contributed by atoms with Crippen molar-refractivity contribution in [1.29, 1.82) is 0 Å². The predicted octanol–water partition coefficient (Wildman–Crippen LogP) is 4.41. The summed E-state index contributed by atoms with van der Waals surface area (Å²) in [6, 6.07) is 9.63. The summed E-state index contributed by atoms with van der Waals surface area (Å²) in [5.41, 5.74) is -0.268. The Morgan fingerprint density at radius 3 is 2.59 bits per heavy atom. The SMILES string of the molecule is CC(C)=CC[C@@]12OC(C)(C)[C@@H]3C[C@@H](C=C4C(=O)C=C(c5ccccc5)O[C@]431)C2=O. The van der Waals surface area contributed by atoms with Gasteiger partial charge in [-0.2, -0.15) is 0 Å². The number of rotatable bonds is 3. The molecule has 2 heterocycles. The van der Waals surface area contributed by atoms with E-state index in [1.165, 1.54) is 0 Å². The number of Topliss-reactive ketones (excluding diaryl/α,β-unsaturated/α-hetero) is 1. The van der Waals surface area contributed by atoms with E-state index in [0.717, 1.165) is 11.1 Å². The van der Waals surface area contributed by atoms with E-state index in [2.05, 4.69) is 0 Å². The van der Waals surface area contributed by atoms with E-state index in [4.69, 9.17) is 9.47 Å². The molecule has 4 heteroatoms. The van der Waals surface area contributed by atoms with Crippen molar-refractivity contribution in [3.63, 3.8) is 0 Å². The first-order valence-electron chi connectivity index (χ1n) is 10.3. The summed E-state index contributed by atoms with van der Waals surface area (Å²) in [6.07, 6.45) is 6.53. The first-order valence-corrected chi connectivity index (χ1v) is 10.3. The smallest absolute Gasteiger partial charge is 0.189 e. The maximum atomic E-state index is 13.7. The van der Waals surface area contributed by atoms with Crippen LogP contribution in [0.15, 0.2) is 59.7 Å². The Labute approximate surface area is 171 Å². The number of carbonyl (C=O) groups is 2. The van der Waals surface area contributed by atoms with Gasteiger partial charge < -0.3 is 9.47 Å². The van der Waals surface area contributed by atoms with Crippen molar-refractivity contribution in [2.75, 3.05) is 0 Å². The standard InChI is InChI=1S/C25H26O4/c1-15(2)10-11-24-22(27)17-12-18-19(26)14-20(16-8-6-5-7-9-16)28-25(18,24)21(13-17)23(3,4)29-24/h5-10,12,14,17,21H,11,13H2,1-4H3/t17-,21+,24+,25-/m1/s1. The van der Waals surface area contributed by atoms with Crippen LogP contribution in [0, 0.1) is 11.8 Å². The summed E-state index contributed by atoms with van der Waals surface area (Å²) < 4.78 is 13.4. The number of hydrogen-bond acceptors (Lipinski definition) is 4. The third kappa shape index (κ3) is 2.24. The van der Waals surface area contributed by atoms with Crippen molar-refractivity contribution in [3.05, 3.63) is 65.3 Å². The molecule has 150 valence electrons. The van der Waals surface area contributed by atoms with Crippen molar-refractivity contribution >= 4 is 17.3 Å². The molecule has 29 heavy (non-hydrogen) atoms. The monoisotopic (exact) mass is 390 g/mol. The largest absolute Gasteiger partial charge is 0.478 e. The summed E-state index contributed by atoms with van der Waals surface area (Å²) in [4.78, 5) is 27.0. The van der Waals surface area contributed by atoms with Gasteiger partial charge in [-0.3, -0.25) is 9.59 Å². The first-order chi connectivity index (χ1) is 13.7. The van der Waals surface area contributed by atoms with Gasteiger partial charge in [0.05, 0.1) is 5.60 Å². The number of allylic oxidation sites excluding steroid dienone is 3. The molecule has 5 aliphatic rings. The zero-order valence-electron chi connectivity index (χ0n) is 17.3. The average Bonchev–Trinajstić information content (AvgIpc) is 2.84. The number of benzene rings is 1. The molecular weight excluding hydrogens is 364 g/mol. The van der Waals surface area contributed by atoms with Crippen LogP contribution >= 0.6 is 0 Å². The third-order valence-electron chi connectivity index (χ3n) is 7.01. The Kier molecular flexibility index (Phi) is 3.71. The molecule has 0 aromatic heterocycles. The van der Waals surface area contributed by atoms with Crippen molar-refractivity contribution in [2.45, 2.75) is 57.3 Å². The Bertz CT molecular complexity index is 1010. The number of ketones is 2. The Balaban J connectivity index is 1.75. The molecule has 1 saturated carbocycles. The van der Waals surface area contributed by atoms with E-state index in [-0.39, 0.29) is 23.4 Å². The minimum absolute atomic E-state index is 0.0442. The minimum atomic E-state index is -1.17. The molecule has 4 bridgehead atoms. The lowest BCUT2D eigenvalue weighted by atomic mass is 9.51. The van der Waals surface area contributed by atoms with Crippen LogP contribution in [0.25, 0.3) is 5.76 Å². The normalized spacial score (nSPS) is 36.1. The minimum Gasteiger partial charge on any atom is -0.478 e. The molecule has 4 atom stereocenters. The molecule has 1 saturated heterocycles. The van der Waals surface area contributed by atoms with Crippen molar-refractivity contribution in [1.82, 2.24) is 0 Å². The molecule has 6 rings (SSSR count). The highest BCUT2D eigenvalue weighted by atomic mass is 16.6. The first kappa shape index (κ1) is 18.6. The van der Waals surface area contributed by atoms with Gasteiger partial charge in [0.2, 0.25) is 0 Å². The van der Waals surface area contributed by atoms with Crippen LogP contribution in [0.4, 0.5) is 0 Å². The van der Waals surface area contributed by atoms with Gasteiger partial charge >= 0.3 is 0 Å². The van der Waals surface area contributed by atoms with Gasteiger partial charge in [-0.25, -0.2) is 0 Å². The zero-order chi connectivity index (χ0) is 20.6. The molecule has 2 fully saturated rings. The van der Waals surface area contributed by atoms with Gasteiger partial charge in [-0.1, -0.05) is 48.1 Å². The van der Waals surface area contributed by atoms with Crippen LogP contribution in [0.1, 0.15) is 46.1 Å². The van der Waals surface area contributed by atoms with Gasteiger partial charge in [0.15, 0.2) is 22.8 Å². The van der Waals surface area contributed by atoms with E-state index >= 15 is 0 Å². The summed E-state index contributed by atoms with van der Waals surface area (Å²) >= 11 is 0. The fourth-order valence-electron chi connectivity index (χ4n) is 5.84. The highest BCUT2D eigenvalue weighted by Crippen LogP contribution is 2.67. The fourth-order valence-corrected chi connectivity index (χ4v) is 5.84. The average molecular weight is 390 g/mol. The third-order valence-corrected chi connectivity index (χ3v) is 7.01. The van der Waals surface area contributed by atoms with Gasteiger partial charge in [0.25, 0.3) is 0 Å². The zero-order valence-corrected chi connectivity index (χ0v) is 17.3. The highest BCUT2D eigenvalue weighted by Gasteiger charge is 2.80. The fraction of sp³-hybridized carbons (Fsp3) is 0.440. The van der Waals surface area contributed by atoms with E-state index < -0.39 is 16.8 Å². The second kappa shape index (κ2) is 5.79. The summed E-state index contributed by atoms with van der Waals surface area (Å²) in [5, 5.41) is 0. The molecule has 2 aliphatic heterocycles. The van der Waals surface area contributed by atoms with E-state index in [1.54, 1.807) is 6.08 Å². The van der Waals surface area contributed by atoms with Gasteiger partial charge in [-0.05, 0) is 34.1 Å². The van der Waals surface area contributed by atoms with Crippen LogP contribution in [-0.4, -0.2) is 28.4 Å². The Hall–Kier alpha value is -2.46. The van der Waals surface area contributed by atoms with Gasteiger partial charge in [0, 0.05) is 35.5 Å². The highest BCUT2D eigenvalue weighted by molar-refractivity contribution is 6.14. The predicted molar refractivity (Wildman–Crippen MR) is 110 cm³/mol. The molecular formula is C25H26O4. The summed E-state index contributed by atoms with van der Waals surface area (Å²) in [6.45, 7) is 8.07. The van der Waals surface area contributed by atoms with E-state index in [0.29, 0.717) is 24.2 Å². The lowest BCUT2D eigenvalue weighted by Gasteiger charge is -2.55. The van der Waals surface area contributed by atoms with Crippen LogP contribution in [0.3, 0.4) is 0 Å². The molecule has 0 amide bonds. The molecule has 0 unspecified atom stereocenters. The lowest BCUT2D eigenvalue weighted by Crippen LogP contribution is -2.70. The number of ether oxygens (including phenoxy) is 2. The second-order valence-electron chi connectivity index (χ2n) is 9.43.